The Hall–Kier alpha value is -0.990. The summed E-state index contributed by atoms with van der Waals surface area (Å²) in [5.74, 6) is 2.35. The highest BCUT2D eigenvalue weighted by molar-refractivity contribution is 5.81. The van der Waals surface area contributed by atoms with Crippen molar-refractivity contribution in [3.63, 3.8) is 0 Å². The Morgan fingerprint density at radius 3 is 3.06 bits per heavy atom. The van der Waals surface area contributed by atoms with Crippen LogP contribution >= 0.6 is 0 Å². The Kier molecular flexibility index (Phi) is 3.98. The SMILES string of the molecule is C=CCN1C(N)=NCC12CCCC(CC(C)C)C2. The van der Waals surface area contributed by atoms with E-state index in [1.807, 2.05) is 6.08 Å². The normalized spacial score (nSPS) is 32.1. The fourth-order valence-corrected chi connectivity index (χ4v) is 3.78. The summed E-state index contributed by atoms with van der Waals surface area (Å²) in [6, 6.07) is 0. The first-order valence-corrected chi connectivity index (χ1v) is 7.26. The Morgan fingerprint density at radius 2 is 2.39 bits per heavy atom. The monoisotopic (exact) mass is 249 g/mol. The lowest BCUT2D eigenvalue weighted by atomic mass is 9.72. The van der Waals surface area contributed by atoms with Crippen molar-refractivity contribution in [2.45, 2.75) is 51.5 Å². The summed E-state index contributed by atoms with van der Waals surface area (Å²) < 4.78 is 0. The summed E-state index contributed by atoms with van der Waals surface area (Å²) in [7, 11) is 0. The fraction of sp³-hybridized carbons (Fsp3) is 0.800. The van der Waals surface area contributed by atoms with Crippen LogP contribution in [0.4, 0.5) is 0 Å². The third kappa shape index (κ3) is 2.55. The molecule has 2 N–H and O–H groups in total. The number of nitrogens with zero attached hydrogens (tertiary/aromatic N) is 2. The van der Waals surface area contributed by atoms with E-state index in [1.54, 1.807) is 0 Å². The van der Waals surface area contributed by atoms with Crippen molar-refractivity contribution in [1.29, 1.82) is 0 Å². The zero-order valence-corrected chi connectivity index (χ0v) is 11.9. The summed E-state index contributed by atoms with van der Waals surface area (Å²) >= 11 is 0. The zero-order valence-electron chi connectivity index (χ0n) is 11.9. The first-order valence-electron chi connectivity index (χ1n) is 7.26. The predicted octanol–water partition coefficient (Wildman–Crippen LogP) is 2.78. The first-order chi connectivity index (χ1) is 8.57. The van der Waals surface area contributed by atoms with Crippen LogP contribution < -0.4 is 5.73 Å². The molecule has 0 radical (unpaired) electrons. The van der Waals surface area contributed by atoms with E-state index in [9.17, 15) is 0 Å². The van der Waals surface area contributed by atoms with Crippen LogP contribution in [0, 0.1) is 11.8 Å². The summed E-state index contributed by atoms with van der Waals surface area (Å²) in [5.41, 5.74) is 6.25. The van der Waals surface area contributed by atoms with Gasteiger partial charge in [0.25, 0.3) is 0 Å². The summed E-state index contributed by atoms with van der Waals surface area (Å²) in [6.07, 6.45) is 8.46. The standard InChI is InChI=1S/C15H27N3/c1-4-8-18-14(16)17-11-15(18)7-5-6-13(10-15)9-12(2)3/h4,12-13H,1,5-11H2,2-3H3,(H2,16,17). The van der Waals surface area contributed by atoms with Crippen LogP contribution in [-0.2, 0) is 0 Å². The van der Waals surface area contributed by atoms with Gasteiger partial charge in [-0.3, -0.25) is 4.99 Å². The molecule has 1 heterocycles. The lowest BCUT2D eigenvalue weighted by Crippen LogP contribution is -2.54. The van der Waals surface area contributed by atoms with Crippen LogP contribution in [0.25, 0.3) is 0 Å². The molecule has 3 heteroatoms. The lowest BCUT2D eigenvalue weighted by molar-refractivity contribution is 0.107. The van der Waals surface area contributed by atoms with Gasteiger partial charge in [0.05, 0.1) is 12.1 Å². The maximum absolute atomic E-state index is 6.05. The average Bonchev–Trinajstić information content (AvgIpc) is 2.58. The predicted molar refractivity (Wildman–Crippen MR) is 77.5 cm³/mol. The highest BCUT2D eigenvalue weighted by atomic mass is 15.4. The number of rotatable bonds is 4. The van der Waals surface area contributed by atoms with Gasteiger partial charge >= 0.3 is 0 Å². The third-order valence-electron chi connectivity index (χ3n) is 4.42. The zero-order chi connectivity index (χ0) is 13.2. The van der Waals surface area contributed by atoms with Crippen molar-refractivity contribution in [1.82, 2.24) is 4.90 Å². The van der Waals surface area contributed by atoms with Crippen LogP contribution in [0.5, 0.6) is 0 Å². The molecule has 0 aromatic carbocycles. The molecule has 2 unspecified atom stereocenters. The molecule has 0 saturated heterocycles. The van der Waals surface area contributed by atoms with E-state index in [0.717, 1.165) is 30.9 Å². The topological polar surface area (TPSA) is 41.6 Å². The number of guanidine groups is 1. The average molecular weight is 249 g/mol. The van der Waals surface area contributed by atoms with Crippen molar-refractivity contribution in [2.24, 2.45) is 22.6 Å². The second kappa shape index (κ2) is 5.33. The second-order valence-electron chi connectivity index (χ2n) is 6.39. The van der Waals surface area contributed by atoms with Gasteiger partial charge in [-0.25, -0.2) is 0 Å². The van der Waals surface area contributed by atoms with Crippen LogP contribution in [0.1, 0.15) is 46.0 Å². The molecule has 0 aromatic rings. The quantitative estimate of drug-likeness (QED) is 0.778. The van der Waals surface area contributed by atoms with Gasteiger partial charge in [-0.05, 0) is 31.1 Å². The molecular formula is C15H27N3. The van der Waals surface area contributed by atoms with Gasteiger partial charge in [0.1, 0.15) is 0 Å². The molecule has 1 aliphatic heterocycles. The highest BCUT2D eigenvalue weighted by Gasteiger charge is 2.44. The van der Waals surface area contributed by atoms with Crippen LogP contribution in [0.2, 0.25) is 0 Å². The molecule has 3 nitrogen and oxygen atoms in total. The molecule has 18 heavy (non-hydrogen) atoms. The minimum Gasteiger partial charge on any atom is -0.370 e. The Balaban J connectivity index is 2.08. The molecule has 2 rings (SSSR count). The lowest BCUT2D eigenvalue weighted by Gasteiger charge is -2.45. The minimum atomic E-state index is 0.204. The smallest absolute Gasteiger partial charge is 0.192 e. The minimum absolute atomic E-state index is 0.204. The van der Waals surface area contributed by atoms with E-state index in [2.05, 4.69) is 30.3 Å². The van der Waals surface area contributed by atoms with Gasteiger partial charge in [-0.15, -0.1) is 6.58 Å². The molecule has 1 aliphatic carbocycles. The van der Waals surface area contributed by atoms with E-state index in [0.29, 0.717) is 0 Å². The Labute approximate surface area is 111 Å². The Morgan fingerprint density at radius 1 is 1.61 bits per heavy atom. The molecule has 1 fully saturated rings. The molecular weight excluding hydrogens is 222 g/mol. The summed E-state index contributed by atoms with van der Waals surface area (Å²) in [5, 5.41) is 0. The molecule has 102 valence electrons. The van der Waals surface area contributed by atoms with Gasteiger partial charge < -0.3 is 10.6 Å². The number of hydrogen-bond acceptors (Lipinski definition) is 3. The van der Waals surface area contributed by atoms with E-state index >= 15 is 0 Å². The largest absolute Gasteiger partial charge is 0.370 e. The van der Waals surface area contributed by atoms with Crippen molar-refractivity contribution in [3.8, 4) is 0 Å². The van der Waals surface area contributed by atoms with Crippen molar-refractivity contribution in [2.75, 3.05) is 13.1 Å². The summed E-state index contributed by atoms with van der Waals surface area (Å²) in [4.78, 5) is 6.80. The number of hydrogen-bond donors (Lipinski definition) is 1. The van der Waals surface area contributed by atoms with Crippen LogP contribution in [0.3, 0.4) is 0 Å². The van der Waals surface area contributed by atoms with Gasteiger partial charge in [0.15, 0.2) is 5.96 Å². The molecule has 1 saturated carbocycles. The van der Waals surface area contributed by atoms with Gasteiger partial charge in [-0.2, -0.15) is 0 Å². The summed E-state index contributed by atoms with van der Waals surface area (Å²) in [6.45, 7) is 10.2. The van der Waals surface area contributed by atoms with Crippen LogP contribution in [-0.4, -0.2) is 29.5 Å². The van der Waals surface area contributed by atoms with E-state index in [4.69, 9.17) is 5.73 Å². The first kappa shape index (κ1) is 13.4. The highest BCUT2D eigenvalue weighted by Crippen LogP contribution is 2.41. The number of nitrogens with two attached hydrogens (primary N) is 1. The van der Waals surface area contributed by atoms with Crippen molar-refractivity contribution >= 4 is 5.96 Å². The van der Waals surface area contributed by atoms with E-state index in [1.165, 1.54) is 32.1 Å². The van der Waals surface area contributed by atoms with E-state index < -0.39 is 0 Å². The van der Waals surface area contributed by atoms with Gasteiger partial charge in [0, 0.05) is 6.54 Å². The van der Waals surface area contributed by atoms with Crippen LogP contribution in [0.15, 0.2) is 17.6 Å². The molecule has 0 bridgehead atoms. The maximum Gasteiger partial charge on any atom is 0.192 e. The van der Waals surface area contributed by atoms with Crippen molar-refractivity contribution < 1.29 is 0 Å². The maximum atomic E-state index is 6.05. The van der Waals surface area contributed by atoms with E-state index in [-0.39, 0.29) is 5.54 Å². The number of aliphatic imine (C=N–C) groups is 1. The fourth-order valence-electron chi connectivity index (χ4n) is 3.78. The van der Waals surface area contributed by atoms with Gasteiger partial charge in [-0.1, -0.05) is 32.8 Å². The molecule has 2 atom stereocenters. The molecule has 0 amide bonds. The third-order valence-corrected chi connectivity index (χ3v) is 4.42. The second-order valence-corrected chi connectivity index (χ2v) is 6.39. The molecule has 2 aliphatic rings. The Bertz CT molecular complexity index is 335. The van der Waals surface area contributed by atoms with Crippen molar-refractivity contribution in [3.05, 3.63) is 12.7 Å². The van der Waals surface area contributed by atoms with Gasteiger partial charge in [0.2, 0.25) is 0 Å². The molecule has 0 aromatic heterocycles. The molecule has 1 spiro atoms.